The Kier molecular flexibility index (Phi) is 12.9. The second-order valence-electron chi connectivity index (χ2n) is 9.18. The zero-order chi connectivity index (χ0) is 26.4. The summed E-state index contributed by atoms with van der Waals surface area (Å²) in [5.74, 6) is -0.404. The molecule has 0 heterocycles. The molecule has 1 unspecified atom stereocenters. The van der Waals surface area contributed by atoms with E-state index in [4.69, 9.17) is 9.47 Å². The molecule has 0 bridgehead atoms. The molecule has 1 fully saturated rings. The highest BCUT2D eigenvalue weighted by Crippen LogP contribution is 2.23. The fourth-order valence-electron chi connectivity index (χ4n) is 4.26. The first-order valence-electron chi connectivity index (χ1n) is 12.9. The number of carbonyl (C=O) groups excluding carboxylic acids is 1. The molecule has 1 aliphatic carbocycles. The summed E-state index contributed by atoms with van der Waals surface area (Å²) in [7, 11) is 0. The van der Waals surface area contributed by atoms with Gasteiger partial charge in [0, 0.05) is 32.0 Å². The molecule has 0 radical (unpaired) electrons. The molecule has 1 atom stereocenters. The average molecular weight is 517 g/mol. The fourth-order valence-corrected chi connectivity index (χ4v) is 4.26. The third kappa shape index (κ3) is 12.0. The number of nitrogens with zero attached hydrogens (tertiary/aromatic N) is 1. The van der Waals surface area contributed by atoms with Gasteiger partial charge >= 0.3 is 18.2 Å². The molecule has 0 spiro atoms. The molecule has 1 aromatic rings. The molecule has 2 rings (SSSR count). The van der Waals surface area contributed by atoms with E-state index in [2.05, 4.69) is 5.32 Å². The number of hydrogen-bond donors (Lipinski definition) is 2. The van der Waals surface area contributed by atoms with Crippen molar-refractivity contribution in [2.45, 2.75) is 89.5 Å². The van der Waals surface area contributed by atoms with E-state index < -0.39 is 24.7 Å². The molecule has 2 amide bonds. The number of unbranched alkanes of at least 4 members (excludes halogenated alkanes) is 3. The number of nitrogens with one attached hydrogen (secondary N) is 1. The van der Waals surface area contributed by atoms with Crippen molar-refractivity contribution in [3.63, 3.8) is 0 Å². The first kappa shape index (κ1) is 29.7. The van der Waals surface area contributed by atoms with E-state index in [1.807, 2.05) is 0 Å². The first-order valence-corrected chi connectivity index (χ1v) is 12.9. The lowest BCUT2D eigenvalue weighted by atomic mass is 10.1. The second kappa shape index (κ2) is 15.6. The maximum absolute atomic E-state index is 12.8. The summed E-state index contributed by atoms with van der Waals surface area (Å²) in [6.07, 6.45) is 0.433. The van der Waals surface area contributed by atoms with Gasteiger partial charge in [0.1, 0.15) is 12.4 Å². The lowest BCUT2D eigenvalue weighted by Gasteiger charge is -2.25. The second-order valence-corrected chi connectivity index (χ2v) is 9.18. The number of carbonyl (C=O) groups is 2. The summed E-state index contributed by atoms with van der Waals surface area (Å²) in [6, 6.07) is 7.09. The van der Waals surface area contributed by atoms with Crippen LogP contribution in [0.1, 0.15) is 70.3 Å². The Morgan fingerprint density at radius 2 is 1.75 bits per heavy atom. The molecule has 1 saturated carbocycles. The van der Waals surface area contributed by atoms with Gasteiger partial charge in [-0.2, -0.15) is 13.2 Å². The molecule has 0 aromatic heterocycles. The Morgan fingerprint density at radius 3 is 2.36 bits per heavy atom. The molecule has 10 heteroatoms. The molecule has 0 saturated heterocycles. The minimum absolute atomic E-state index is 0.106. The van der Waals surface area contributed by atoms with Crippen LogP contribution in [0, 0.1) is 0 Å². The SMILES string of the molecule is CCOC(Cc1ccc(OCCN(CCCCCCC(F)(F)F)C(=O)NC2CCCC2)cc1)C(=O)O. The van der Waals surface area contributed by atoms with E-state index in [1.54, 1.807) is 36.1 Å². The van der Waals surface area contributed by atoms with E-state index in [9.17, 15) is 27.9 Å². The van der Waals surface area contributed by atoms with Gasteiger partial charge in [-0.05, 0) is 50.3 Å². The summed E-state index contributed by atoms with van der Waals surface area (Å²) >= 11 is 0. The standard InChI is InChI=1S/C26H39F3N2O5/c1-2-35-23(24(32)33)19-20-11-13-22(14-12-20)36-18-17-31(25(34)30-21-9-5-6-10-21)16-8-4-3-7-15-26(27,28)29/h11-14,21,23H,2-10,15-19H2,1H3,(H,30,34)(H,32,33). The van der Waals surface area contributed by atoms with E-state index >= 15 is 0 Å². The van der Waals surface area contributed by atoms with Crippen LogP contribution in [0.3, 0.4) is 0 Å². The predicted molar refractivity (Wildman–Crippen MR) is 130 cm³/mol. The lowest BCUT2D eigenvalue weighted by Crippen LogP contribution is -2.45. The third-order valence-corrected chi connectivity index (χ3v) is 6.23. The van der Waals surface area contributed by atoms with Crippen LogP contribution in [0.2, 0.25) is 0 Å². The van der Waals surface area contributed by atoms with Crippen LogP contribution in [0.4, 0.5) is 18.0 Å². The summed E-state index contributed by atoms with van der Waals surface area (Å²) in [5.41, 5.74) is 0.811. The molecule has 7 nitrogen and oxygen atoms in total. The van der Waals surface area contributed by atoms with Gasteiger partial charge in [-0.25, -0.2) is 9.59 Å². The summed E-state index contributed by atoms with van der Waals surface area (Å²) < 4.78 is 48.0. The lowest BCUT2D eigenvalue weighted by molar-refractivity contribution is -0.150. The molecule has 204 valence electrons. The number of rotatable bonds is 16. The van der Waals surface area contributed by atoms with Gasteiger partial charge in [-0.3, -0.25) is 0 Å². The number of aliphatic carboxylic acids is 1. The maximum atomic E-state index is 12.8. The van der Waals surface area contributed by atoms with Crippen molar-refractivity contribution < 1.29 is 37.3 Å². The zero-order valence-electron chi connectivity index (χ0n) is 21.0. The maximum Gasteiger partial charge on any atom is 0.389 e. The van der Waals surface area contributed by atoms with E-state index in [-0.39, 0.29) is 31.5 Å². The van der Waals surface area contributed by atoms with Crippen molar-refractivity contribution in [3.05, 3.63) is 29.8 Å². The Morgan fingerprint density at radius 1 is 1.08 bits per heavy atom. The topological polar surface area (TPSA) is 88.1 Å². The number of urea groups is 1. The van der Waals surface area contributed by atoms with Gasteiger partial charge in [0.15, 0.2) is 6.10 Å². The van der Waals surface area contributed by atoms with Crippen LogP contribution in [0.15, 0.2) is 24.3 Å². The number of carboxylic acid groups (broad SMARTS) is 1. The van der Waals surface area contributed by atoms with Gasteiger partial charge in [-0.1, -0.05) is 37.8 Å². The largest absolute Gasteiger partial charge is 0.492 e. The van der Waals surface area contributed by atoms with Crippen molar-refractivity contribution in [2.24, 2.45) is 0 Å². The summed E-state index contributed by atoms with van der Waals surface area (Å²) in [6.45, 7) is 3.14. The fraction of sp³-hybridized carbons (Fsp3) is 0.692. The Balaban J connectivity index is 1.81. The quantitative estimate of drug-likeness (QED) is 0.281. The molecular formula is C26H39F3N2O5. The molecule has 1 aromatic carbocycles. The van der Waals surface area contributed by atoms with Crippen LogP contribution in [-0.4, -0.2) is 66.6 Å². The van der Waals surface area contributed by atoms with Gasteiger partial charge < -0.3 is 24.8 Å². The number of alkyl halides is 3. The Labute approximate surface area is 211 Å². The third-order valence-electron chi connectivity index (χ3n) is 6.23. The van der Waals surface area contributed by atoms with Crippen molar-refractivity contribution in [1.82, 2.24) is 10.2 Å². The van der Waals surface area contributed by atoms with Gasteiger partial charge in [0.05, 0.1) is 6.54 Å². The minimum Gasteiger partial charge on any atom is -0.492 e. The molecule has 0 aliphatic heterocycles. The van der Waals surface area contributed by atoms with Crippen LogP contribution in [0.5, 0.6) is 5.75 Å². The van der Waals surface area contributed by atoms with Crippen molar-refractivity contribution in [1.29, 1.82) is 0 Å². The van der Waals surface area contributed by atoms with Crippen LogP contribution in [-0.2, 0) is 16.0 Å². The number of carboxylic acids is 1. The van der Waals surface area contributed by atoms with E-state index in [0.717, 1.165) is 31.2 Å². The molecule has 2 N–H and O–H groups in total. The average Bonchev–Trinajstić information content (AvgIpc) is 3.33. The van der Waals surface area contributed by atoms with Gasteiger partial charge in [0.2, 0.25) is 0 Å². The number of hydrogen-bond acceptors (Lipinski definition) is 4. The van der Waals surface area contributed by atoms with Crippen molar-refractivity contribution >= 4 is 12.0 Å². The summed E-state index contributed by atoms with van der Waals surface area (Å²) in [5, 5.41) is 12.3. The highest BCUT2D eigenvalue weighted by molar-refractivity contribution is 5.74. The van der Waals surface area contributed by atoms with Gasteiger partial charge in [0.25, 0.3) is 0 Å². The van der Waals surface area contributed by atoms with Crippen LogP contribution >= 0.6 is 0 Å². The van der Waals surface area contributed by atoms with Crippen LogP contribution in [0.25, 0.3) is 0 Å². The number of halogens is 3. The minimum atomic E-state index is -4.12. The van der Waals surface area contributed by atoms with Gasteiger partial charge in [-0.15, -0.1) is 0 Å². The number of ether oxygens (including phenoxy) is 2. The monoisotopic (exact) mass is 516 g/mol. The molecule has 36 heavy (non-hydrogen) atoms. The highest BCUT2D eigenvalue weighted by Gasteiger charge is 2.26. The normalized spacial score (nSPS) is 15.0. The van der Waals surface area contributed by atoms with E-state index in [0.29, 0.717) is 44.7 Å². The Bertz CT molecular complexity index is 783. The van der Waals surface area contributed by atoms with Crippen molar-refractivity contribution in [2.75, 3.05) is 26.3 Å². The highest BCUT2D eigenvalue weighted by atomic mass is 19.4. The number of amides is 2. The zero-order valence-corrected chi connectivity index (χ0v) is 21.0. The summed E-state index contributed by atoms with van der Waals surface area (Å²) in [4.78, 5) is 25.7. The van der Waals surface area contributed by atoms with Crippen LogP contribution < -0.4 is 10.1 Å². The van der Waals surface area contributed by atoms with E-state index in [1.165, 1.54) is 0 Å². The van der Waals surface area contributed by atoms with Crippen molar-refractivity contribution in [3.8, 4) is 5.75 Å². The first-order chi connectivity index (χ1) is 17.2. The molecular weight excluding hydrogens is 477 g/mol. The predicted octanol–water partition coefficient (Wildman–Crippen LogP) is 5.56. The molecule has 1 aliphatic rings. The Hall–Kier alpha value is -2.49. The smallest absolute Gasteiger partial charge is 0.389 e. The number of benzene rings is 1.